The molecule has 1 aromatic rings. The Hall–Kier alpha value is -1.69. The fraction of sp³-hybridized carbons (Fsp3) is 0.357. The summed E-state index contributed by atoms with van der Waals surface area (Å²) >= 11 is 3.30. The molecule has 1 heterocycles. The van der Waals surface area contributed by atoms with Gasteiger partial charge in [0.1, 0.15) is 5.75 Å². The third kappa shape index (κ3) is 2.75. The number of carbonyl (C=O) groups is 3. The largest absolute Gasteiger partial charge is 0.492 e. The molecular weight excluding hydrogens is 328 g/mol. The zero-order valence-corrected chi connectivity index (χ0v) is 12.4. The lowest BCUT2D eigenvalue weighted by Gasteiger charge is -2.10. The zero-order chi connectivity index (χ0) is 14.7. The van der Waals surface area contributed by atoms with Crippen molar-refractivity contribution in [1.29, 1.82) is 0 Å². The number of hydrogen-bond donors (Lipinski definition) is 0. The Kier molecular flexibility index (Phi) is 4.54. The van der Waals surface area contributed by atoms with Gasteiger partial charge in [0.15, 0.2) is 5.78 Å². The first-order valence-corrected chi connectivity index (χ1v) is 7.02. The summed E-state index contributed by atoms with van der Waals surface area (Å²) in [7, 11) is 0. The Bertz CT molecular complexity index is 567. The number of carbonyl (C=O) groups excluding carboxylic acids is 3. The van der Waals surface area contributed by atoms with Gasteiger partial charge in [-0.25, -0.2) is 4.79 Å². The number of ether oxygens (including phenoxy) is 2. The minimum atomic E-state index is -1.04. The minimum absolute atomic E-state index is 0.101. The number of esters is 1. The van der Waals surface area contributed by atoms with Crippen LogP contribution in [0.1, 0.15) is 23.7 Å². The van der Waals surface area contributed by atoms with Crippen LogP contribution in [0.3, 0.4) is 0 Å². The maximum atomic E-state index is 12.4. The maximum absolute atomic E-state index is 12.4. The molecule has 1 unspecified atom stereocenters. The van der Waals surface area contributed by atoms with E-state index in [1.807, 2.05) is 0 Å². The summed E-state index contributed by atoms with van der Waals surface area (Å²) < 4.78 is 10.8. The first kappa shape index (κ1) is 14.7. The molecule has 0 bridgehead atoms. The maximum Gasteiger partial charge on any atom is 0.375 e. The van der Waals surface area contributed by atoms with E-state index in [-0.39, 0.29) is 19.6 Å². The zero-order valence-electron chi connectivity index (χ0n) is 10.8. The highest BCUT2D eigenvalue weighted by Crippen LogP contribution is 2.34. The number of ketones is 2. The lowest BCUT2D eigenvalue weighted by Crippen LogP contribution is -2.31. The van der Waals surface area contributed by atoms with E-state index in [2.05, 4.69) is 20.7 Å². The molecule has 2 rings (SSSR count). The Labute approximate surface area is 124 Å². The minimum Gasteiger partial charge on any atom is -0.492 e. The van der Waals surface area contributed by atoms with Crippen molar-refractivity contribution < 1.29 is 23.9 Å². The van der Waals surface area contributed by atoms with E-state index >= 15 is 0 Å². The highest BCUT2D eigenvalue weighted by molar-refractivity contribution is 9.10. The highest BCUT2D eigenvalue weighted by atomic mass is 79.9. The fourth-order valence-corrected chi connectivity index (χ4v) is 2.52. The van der Waals surface area contributed by atoms with Crippen LogP contribution in [0.4, 0.5) is 0 Å². The molecule has 1 aliphatic heterocycles. The van der Waals surface area contributed by atoms with Crippen LogP contribution in [0.15, 0.2) is 22.7 Å². The average molecular weight is 341 g/mol. The number of fused-ring (bicyclic) bond motifs is 1. The molecule has 0 radical (unpaired) electrons. The van der Waals surface area contributed by atoms with Gasteiger partial charge in [0.25, 0.3) is 5.78 Å². The van der Waals surface area contributed by atoms with Gasteiger partial charge in [-0.1, -0.05) is 6.07 Å². The van der Waals surface area contributed by atoms with Crippen LogP contribution in [0.5, 0.6) is 5.75 Å². The number of halogens is 1. The van der Waals surface area contributed by atoms with Crippen LogP contribution in [0.25, 0.3) is 0 Å². The Balaban J connectivity index is 2.32. The van der Waals surface area contributed by atoms with Crippen LogP contribution in [-0.4, -0.2) is 30.7 Å². The molecule has 0 N–H and O–H groups in total. The van der Waals surface area contributed by atoms with Crippen LogP contribution < -0.4 is 4.74 Å². The molecule has 0 aromatic heterocycles. The van der Waals surface area contributed by atoms with Gasteiger partial charge in [0.2, 0.25) is 0 Å². The monoisotopic (exact) mass is 340 g/mol. The normalized spacial score (nSPS) is 17.7. The fourth-order valence-electron chi connectivity index (χ4n) is 2.04. The number of Topliss-reactive ketones (excluding diaryl/α,β-unsaturated/α-hetero) is 2. The smallest absolute Gasteiger partial charge is 0.375 e. The molecule has 0 spiro atoms. The van der Waals surface area contributed by atoms with E-state index in [1.54, 1.807) is 25.1 Å². The van der Waals surface area contributed by atoms with Gasteiger partial charge in [-0.15, -0.1) is 0 Å². The van der Waals surface area contributed by atoms with E-state index in [1.165, 1.54) is 0 Å². The Morgan fingerprint density at radius 1 is 1.45 bits per heavy atom. The van der Waals surface area contributed by atoms with E-state index in [0.29, 0.717) is 15.8 Å². The third-order valence-electron chi connectivity index (χ3n) is 2.99. The molecule has 0 saturated heterocycles. The van der Waals surface area contributed by atoms with Crippen molar-refractivity contribution in [3.63, 3.8) is 0 Å². The predicted molar refractivity (Wildman–Crippen MR) is 73.7 cm³/mol. The topological polar surface area (TPSA) is 69.7 Å². The van der Waals surface area contributed by atoms with Gasteiger partial charge >= 0.3 is 5.97 Å². The van der Waals surface area contributed by atoms with Gasteiger partial charge in [-0.3, -0.25) is 9.59 Å². The van der Waals surface area contributed by atoms with Crippen LogP contribution in [-0.2, 0) is 14.3 Å². The Morgan fingerprint density at radius 2 is 2.20 bits per heavy atom. The number of hydrogen-bond acceptors (Lipinski definition) is 5. The van der Waals surface area contributed by atoms with Crippen LogP contribution in [0.2, 0.25) is 0 Å². The van der Waals surface area contributed by atoms with E-state index in [0.717, 1.165) is 0 Å². The molecule has 0 saturated carbocycles. The molecule has 106 valence electrons. The summed E-state index contributed by atoms with van der Waals surface area (Å²) in [5, 5.41) is 0. The van der Waals surface area contributed by atoms with Crippen molar-refractivity contribution >= 4 is 33.5 Å². The Morgan fingerprint density at radius 3 is 2.90 bits per heavy atom. The summed E-state index contributed by atoms with van der Waals surface area (Å²) in [5.74, 6) is -2.81. The van der Waals surface area contributed by atoms with Crippen LogP contribution in [0, 0.1) is 5.92 Å². The lowest BCUT2D eigenvalue weighted by molar-refractivity contribution is -0.154. The summed E-state index contributed by atoms with van der Waals surface area (Å²) in [4.78, 5) is 35.9. The van der Waals surface area contributed by atoms with Crippen molar-refractivity contribution in [3.8, 4) is 5.75 Å². The molecule has 20 heavy (non-hydrogen) atoms. The number of benzene rings is 1. The second kappa shape index (κ2) is 6.17. The second-order valence-electron chi connectivity index (χ2n) is 4.26. The highest BCUT2D eigenvalue weighted by Gasteiger charge is 2.36. The summed E-state index contributed by atoms with van der Waals surface area (Å²) in [6.07, 6.45) is 0.164. The van der Waals surface area contributed by atoms with Gasteiger partial charge in [0, 0.05) is 0 Å². The van der Waals surface area contributed by atoms with Crippen molar-refractivity contribution in [3.05, 3.63) is 28.2 Å². The third-order valence-corrected chi connectivity index (χ3v) is 3.62. The molecule has 0 aliphatic carbocycles. The summed E-state index contributed by atoms with van der Waals surface area (Å²) in [5.41, 5.74) is 0.305. The average Bonchev–Trinajstić information content (AvgIpc) is 2.59. The molecule has 1 atom stereocenters. The van der Waals surface area contributed by atoms with Gasteiger partial charge < -0.3 is 9.47 Å². The van der Waals surface area contributed by atoms with Crippen molar-refractivity contribution in [2.24, 2.45) is 5.92 Å². The first-order chi connectivity index (χ1) is 9.56. The summed E-state index contributed by atoms with van der Waals surface area (Å²) in [6.45, 7) is 1.90. The first-order valence-electron chi connectivity index (χ1n) is 6.22. The van der Waals surface area contributed by atoms with Gasteiger partial charge in [0.05, 0.1) is 29.2 Å². The van der Waals surface area contributed by atoms with Crippen molar-refractivity contribution in [2.45, 2.75) is 13.3 Å². The molecule has 5 nitrogen and oxygen atoms in total. The second-order valence-corrected chi connectivity index (χ2v) is 5.11. The SMILES string of the molecule is CCOC(=O)C(=O)C1CCOc2c(Br)cccc2C1=O. The quantitative estimate of drug-likeness (QED) is 0.479. The lowest BCUT2D eigenvalue weighted by atomic mass is 9.91. The van der Waals surface area contributed by atoms with E-state index < -0.39 is 23.5 Å². The predicted octanol–water partition coefficient (Wildman–Crippen LogP) is 2.16. The van der Waals surface area contributed by atoms with Crippen LogP contribution >= 0.6 is 15.9 Å². The summed E-state index contributed by atoms with van der Waals surface area (Å²) in [6, 6.07) is 5.01. The standard InChI is InChI=1S/C14H13BrO5/c1-2-19-14(18)12(17)8-6-7-20-13-9(11(8)16)4-3-5-10(13)15/h3-5,8H,2,6-7H2,1H3. The van der Waals surface area contributed by atoms with Gasteiger partial charge in [-0.05, 0) is 41.4 Å². The molecule has 6 heteroatoms. The van der Waals surface area contributed by atoms with E-state index in [9.17, 15) is 14.4 Å². The van der Waals surface area contributed by atoms with Gasteiger partial charge in [-0.2, -0.15) is 0 Å². The molecule has 0 amide bonds. The molecule has 1 aliphatic rings. The van der Waals surface area contributed by atoms with E-state index in [4.69, 9.17) is 4.74 Å². The van der Waals surface area contributed by atoms with Crippen molar-refractivity contribution in [1.82, 2.24) is 0 Å². The number of rotatable bonds is 3. The molecule has 0 fully saturated rings. The number of para-hydroxylation sites is 1. The molecular formula is C14H13BrO5. The molecule has 1 aromatic carbocycles. The van der Waals surface area contributed by atoms with Crippen molar-refractivity contribution in [2.75, 3.05) is 13.2 Å².